The molecule has 1 aliphatic heterocycles. The first kappa shape index (κ1) is 8.45. The van der Waals surface area contributed by atoms with Crippen molar-refractivity contribution in [2.75, 3.05) is 0 Å². The second kappa shape index (κ2) is 3.71. The zero-order chi connectivity index (χ0) is 9.10. The Hall–Kier alpha value is -1.15. The van der Waals surface area contributed by atoms with Crippen molar-refractivity contribution in [1.82, 2.24) is 0 Å². The molecule has 66 valence electrons. The highest BCUT2D eigenvalue weighted by atomic mass is 35.5. The van der Waals surface area contributed by atoms with E-state index in [9.17, 15) is 0 Å². The van der Waals surface area contributed by atoms with E-state index in [1.807, 2.05) is 24.4 Å². The first-order chi connectivity index (χ1) is 6.36. The highest BCUT2D eigenvalue weighted by Gasteiger charge is 2.11. The molecule has 0 amide bonds. The fraction of sp³-hybridized carbons (Fsp3) is 0.200. The van der Waals surface area contributed by atoms with Crippen molar-refractivity contribution in [1.29, 1.82) is 0 Å². The minimum atomic E-state index is 0.145. The Morgan fingerprint density at radius 2 is 2.00 bits per heavy atom. The summed E-state index contributed by atoms with van der Waals surface area (Å²) in [6.45, 7) is 0. The minimum Gasteiger partial charge on any atom is -0.248 e. The molecule has 0 saturated heterocycles. The molecule has 3 heteroatoms. The van der Waals surface area contributed by atoms with Gasteiger partial charge in [-0.1, -0.05) is 30.3 Å². The summed E-state index contributed by atoms with van der Waals surface area (Å²) < 4.78 is 0. The Kier molecular flexibility index (Phi) is 2.41. The molecule has 13 heavy (non-hydrogen) atoms. The molecule has 0 aromatic heterocycles. The Morgan fingerprint density at radius 3 is 2.69 bits per heavy atom. The van der Waals surface area contributed by atoms with Gasteiger partial charge in [-0.2, -0.15) is 0 Å². The molecule has 0 spiro atoms. The van der Waals surface area contributed by atoms with Gasteiger partial charge < -0.3 is 0 Å². The van der Waals surface area contributed by atoms with Gasteiger partial charge in [0.1, 0.15) is 0 Å². The van der Waals surface area contributed by atoms with Crippen molar-refractivity contribution in [3.8, 4) is 0 Å². The van der Waals surface area contributed by atoms with Gasteiger partial charge in [-0.3, -0.25) is 0 Å². The second-order valence-electron chi connectivity index (χ2n) is 2.87. The van der Waals surface area contributed by atoms with Crippen LogP contribution in [-0.2, 0) is 0 Å². The molecular formula is C10H9ClN2. The van der Waals surface area contributed by atoms with Gasteiger partial charge in [-0.25, -0.2) is 9.98 Å². The number of aliphatic imine (C=N–C) groups is 2. The van der Waals surface area contributed by atoms with E-state index >= 15 is 0 Å². The summed E-state index contributed by atoms with van der Waals surface area (Å²) in [7, 11) is 0. The van der Waals surface area contributed by atoms with Gasteiger partial charge in [0.2, 0.25) is 5.29 Å². The van der Waals surface area contributed by atoms with Gasteiger partial charge >= 0.3 is 0 Å². The average Bonchev–Trinajstić information content (AvgIpc) is 2.19. The minimum absolute atomic E-state index is 0.145. The van der Waals surface area contributed by atoms with Crippen LogP contribution in [0.15, 0.2) is 40.3 Å². The van der Waals surface area contributed by atoms with Gasteiger partial charge in [-0.05, 0) is 17.2 Å². The molecule has 1 unspecified atom stereocenters. The first-order valence-corrected chi connectivity index (χ1v) is 4.55. The number of amidine groups is 1. The largest absolute Gasteiger partial charge is 0.248 e. The van der Waals surface area contributed by atoms with Crippen molar-refractivity contribution < 1.29 is 0 Å². The molecule has 0 aliphatic carbocycles. The van der Waals surface area contributed by atoms with Crippen LogP contribution in [0.2, 0.25) is 0 Å². The van der Waals surface area contributed by atoms with Gasteiger partial charge in [0.25, 0.3) is 0 Å². The second-order valence-corrected chi connectivity index (χ2v) is 3.21. The highest BCUT2D eigenvalue weighted by Crippen LogP contribution is 2.23. The van der Waals surface area contributed by atoms with Crippen molar-refractivity contribution in [2.24, 2.45) is 9.98 Å². The predicted octanol–water partition coefficient (Wildman–Crippen LogP) is 2.80. The van der Waals surface area contributed by atoms with Crippen LogP contribution in [0.3, 0.4) is 0 Å². The summed E-state index contributed by atoms with van der Waals surface area (Å²) in [4.78, 5) is 8.13. The first-order valence-electron chi connectivity index (χ1n) is 4.17. The lowest BCUT2D eigenvalue weighted by molar-refractivity contribution is 0.765. The maximum Gasteiger partial charge on any atom is 0.217 e. The van der Waals surface area contributed by atoms with Crippen LogP contribution in [0.1, 0.15) is 18.0 Å². The van der Waals surface area contributed by atoms with Gasteiger partial charge in [0, 0.05) is 12.6 Å². The lowest BCUT2D eigenvalue weighted by atomic mass is 10.1. The molecule has 0 radical (unpaired) electrons. The fourth-order valence-electron chi connectivity index (χ4n) is 1.33. The molecule has 1 atom stereocenters. The zero-order valence-corrected chi connectivity index (χ0v) is 7.78. The molecule has 2 rings (SSSR count). The van der Waals surface area contributed by atoms with Crippen LogP contribution in [0.4, 0.5) is 0 Å². The number of hydrogen-bond acceptors (Lipinski definition) is 2. The van der Waals surface area contributed by atoms with Crippen LogP contribution in [0.5, 0.6) is 0 Å². The Labute approximate surface area is 82.0 Å². The summed E-state index contributed by atoms with van der Waals surface area (Å²) in [5, 5.41) is 0.347. The van der Waals surface area contributed by atoms with E-state index in [4.69, 9.17) is 11.6 Å². The standard InChI is InChI=1S/C10H9ClN2/c11-10-12-7-6-9(13-10)8-4-2-1-3-5-8/h1-5,7,9H,6H2. The quantitative estimate of drug-likeness (QED) is 0.612. The topological polar surface area (TPSA) is 24.7 Å². The SMILES string of the molecule is ClC1=NC(c2ccccc2)CC=N1. The van der Waals surface area contributed by atoms with Crippen LogP contribution in [0.25, 0.3) is 0 Å². The Morgan fingerprint density at radius 1 is 1.23 bits per heavy atom. The number of halogens is 1. The molecule has 1 aromatic carbocycles. The number of rotatable bonds is 1. The van der Waals surface area contributed by atoms with E-state index in [-0.39, 0.29) is 6.04 Å². The van der Waals surface area contributed by atoms with Crippen LogP contribution < -0.4 is 0 Å². The monoisotopic (exact) mass is 192 g/mol. The van der Waals surface area contributed by atoms with E-state index in [0.29, 0.717) is 5.29 Å². The fourth-order valence-corrected chi connectivity index (χ4v) is 1.52. The molecular weight excluding hydrogens is 184 g/mol. The molecule has 2 nitrogen and oxygen atoms in total. The third-order valence-corrected chi connectivity index (χ3v) is 2.17. The molecule has 1 aliphatic rings. The van der Waals surface area contributed by atoms with E-state index in [0.717, 1.165) is 6.42 Å². The third kappa shape index (κ3) is 1.95. The summed E-state index contributed by atoms with van der Waals surface area (Å²) in [6.07, 6.45) is 2.65. The van der Waals surface area contributed by atoms with E-state index in [1.165, 1.54) is 5.56 Å². The summed E-state index contributed by atoms with van der Waals surface area (Å²) in [5.74, 6) is 0. The third-order valence-electron chi connectivity index (χ3n) is 1.97. The lowest BCUT2D eigenvalue weighted by Crippen LogP contribution is -2.03. The molecule has 0 saturated carbocycles. The predicted molar refractivity (Wildman–Crippen MR) is 55.6 cm³/mol. The molecule has 1 aromatic rings. The van der Waals surface area contributed by atoms with Gasteiger partial charge in [0.15, 0.2) is 0 Å². The summed E-state index contributed by atoms with van der Waals surface area (Å²) in [6, 6.07) is 10.3. The normalized spacial score (nSPS) is 21.3. The van der Waals surface area contributed by atoms with E-state index < -0.39 is 0 Å². The van der Waals surface area contributed by atoms with Gasteiger partial charge in [0.05, 0.1) is 6.04 Å². The maximum atomic E-state index is 5.71. The Balaban J connectivity index is 2.24. The molecule has 0 fully saturated rings. The van der Waals surface area contributed by atoms with Crippen molar-refractivity contribution in [2.45, 2.75) is 12.5 Å². The van der Waals surface area contributed by atoms with E-state index in [1.54, 1.807) is 0 Å². The van der Waals surface area contributed by atoms with E-state index in [2.05, 4.69) is 22.1 Å². The van der Waals surface area contributed by atoms with Crippen LogP contribution >= 0.6 is 11.6 Å². The summed E-state index contributed by atoms with van der Waals surface area (Å²) >= 11 is 5.71. The highest BCUT2D eigenvalue weighted by molar-refractivity contribution is 6.65. The van der Waals surface area contributed by atoms with Crippen LogP contribution in [-0.4, -0.2) is 11.5 Å². The smallest absolute Gasteiger partial charge is 0.217 e. The molecule has 0 bridgehead atoms. The number of hydrogen-bond donors (Lipinski definition) is 0. The van der Waals surface area contributed by atoms with Crippen LogP contribution in [0, 0.1) is 0 Å². The summed E-state index contributed by atoms with van der Waals surface area (Å²) in [5.41, 5.74) is 1.19. The maximum absolute atomic E-state index is 5.71. The van der Waals surface area contributed by atoms with Gasteiger partial charge in [-0.15, -0.1) is 0 Å². The van der Waals surface area contributed by atoms with Crippen molar-refractivity contribution >= 4 is 23.1 Å². The number of benzene rings is 1. The lowest BCUT2D eigenvalue weighted by Gasteiger charge is -2.12. The zero-order valence-electron chi connectivity index (χ0n) is 7.02. The van der Waals surface area contributed by atoms with Crippen molar-refractivity contribution in [3.63, 3.8) is 0 Å². The average molecular weight is 193 g/mol. The Bertz CT molecular complexity index is 343. The number of nitrogens with zero attached hydrogens (tertiary/aromatic N) is 2. The molecule has 0 N–H and O–H groups in total. The van der Waals surface area contributed by atoms with Crippen molar-refractivity contribution in [3.05, 3.63) is 35.9 Å². The molecule has 1 heterocycles.